The van der Waals surface area contributed by atoms with E-state index in [1.165, 1.54) is 21.6 Å². The Kier molecular flexibility index (Phi) is 4.44. The van der Waals surface area contributed by atoms with E-state index < -0.39 is 0 Å². The van der Waals surface area contributed by atoms with Crippen molar-refractivity contribution in [1.29, 1.82) is 0 Å². The first-order chi connectivity index (χ1) is 8.63. The maximum absolute atomic E-state index is 6.14. The fraction of sp³-hybridized carbons (Fsp3) is 0.333. The van der Waals surface area contributed by atoms with Crippen molar-refractivity contribution < 1.29 is 0 Å². The van der Waals surface area contributed by atoms with Crippen molar-refractivity contribution in [2.24, 2.45) is 0 Å². The van der Waals surface area contributed by atoms with Crippen LogP contribution in [-0.4, -0.2) is 6.54 Å². The lowest BCUT2D eigenvalue weighted by molar-refractivity contribution is 0.634. The molecule has 2 aromatic rings. The van der Waals surface area contributed by atoms with Gasteiger partial charge in [0.25, 0.3) is 0 Å². The highest BCUT2D eigenvalue weighted by Crippen LogP contribution is 2.32. The third-order valence-electron chi connectivity index (χ3n) is 3.12. The number of rotatable bonds is 4. The first-order valence-electron chi connectivity index (χ1n) is 6.17. The third kappa shape index (κ3) is 2.77. The van der Waals surface area contributed by atoms with E-state index in [0.29, 0.717) is 0 Å². The second-order valence-corrected chi connectivity index (χ2v) is 5.84. The molecule has 3 heteroatoms. The molecule has 0 bridgehead atoms. The number of benzene rings is 1. The highest BCUT2D eigenvalue weighted by Gasteiger charge is 2.18. The Morgan fingerprint density at radius 2 is 2.00 bits per heavy atom. The molecule has 0 spiro atoms. The number of aryl methyl sites for hydroxylation is 2. The smallest absolute Gasteiger partial charge is 0.0676 e. The quantitative estimate of drug-likeness (QED) is 0.854. The molecule has 0 fully saturated rings. The van der Waals surface area contributed by atoms with Gasteiger partial charge in [-0.15, -0.1) is 11.3 Å². The van der Waals surface area contributed by atoms with Gasteiger partial charge in [0.2, 0.25) is 0 Å². The summed E-state index contributed by atoms with van der Waals surface area (Å²) in [4.78, 5) is 1.38. The Bertz CT molecular complexity index is 533. The van der Waals surface area contributed by atoms with Gasteiger partial charge in [-0.1, -0.05) is 24.6 Å². The summed E-state index contributed by atoms with van der Waals surface area (Å²) < 4.78 is 0. The Hall–Kier alpha value is -0.830. The molecule has 1 aromatic carbocycles. The average Bonchev–Trinajstić information content (AvgIpc) is 2.76. The Balaban J connectivity index is 2.48. The summed E-state index contributed by atoms with van der Waals surface area (Å²) in [6.07, 6.45) is 0. The predicted molar refractivity (Wildman–Crippen MR) is 80.8 cm³/mol. The van der Waals surface area contributed by atoms with Crippen LogP contribution in [0.5, 0.6) is 0 Å². The summed E-state index contributed by atoms with van der Waals surface area (Å²) >= 11 is 7.94. The van der Waals surface area contributed by atoms with Gasteiger partial charge in [-0.25, -0.2) is 0 Å². The molecular formula is C15H18ClNS. The van der Waals surface area contributed by atoms with Crippen LogP contribution >= 0.6 is 22.9 Å². The summed E-state index contributed by atoms with van der Waals surface area (Å²) in [5.41, 5.74) is 3.89. The predicted octanol–water partition coefficient (Wildman–Crippen LogP) is 4.72. The normalized spacial score (nSPS) is 12.7. The van der Waals surface area contributed by atoms with Gasteiger partial charge in [0.15, 0.2) is 0 Å². The van der Waals surface area contributed by atoms with Gasteiger partial charge in [0, 0.05) is 9.90 Å². The highest BCUT2D eigenvalue weighted by atomic mass is 35.5. The van der Waals surface area contributed by atoms with E-state index in [-0.39, 0.29) is 6.04 Å². The SMILES string of the molecule is CCNC(c1cc(Cl)ccc1C)c1sccc1C. The van der Waals surface area contributed by atoms with Crippen molar-refractivity contribution in [3.8, 4) is 0 Å². The summed E-state index contributed by atoms with van der Waals surface area (Å²) in [5.74, 6) is 0. The van der Waals surface area contributed by atoms with E-state index in [2.05, 4.69) is 49.7 Å². The molecule has 1 nitrogen and oxygen atoms in total. The zero-order valence-electron chi connectivity index (χ0n) is 11.0. The summed E-state index contributed by atoms with van der Waals surface area (Å²) in [7, 11) is 0. The van der Waals surface area contributed by atoms with Crippen LogP contribution in [-0.2, 0) is 0 Å². The molecule has 0 radical (unpaired) electrons. The lowest BCUT2D eigenvalue weighted by atomic mass is 9.98. The molecule has 0 aliphatic carbocycles. The third-order valence-corrected chi connectivity index (χ3v) is 4.44. The van der Waals surface area contributed by atoms with Crippen LogP contribution in [0.1, 0.15) is 34.5 Å². The topological polar surface area (TPSA) is 12.0 Å². The van der Waals surface area contributed by atoms with Crippen LogP contribution in [0.4, 0.5) is 0 Å². The molecule has 1 unspecified atom stereocenters. The van der Waals surface area contributed by atoms with Gasteiger partial charge >= 0.3 is 0 Å². The molecule has 1 atom stereocenters. The molecule has 18 heavy (non-hydrogen) atoms. The van der Waals surface area contributed by atoms with Crippen molar-refractivity contribution in [2.75, 3.05) is 6.54 Å². The van der Waals surface area contributed by atoms with Crippen LogP contribution in [0.15, 0.2) is 29.6 Å². The van der Waals surface area contributed by atoms with Gasteiger partial charge in [-0.2, -0.15) is 0 Å². The zero-order chi connectivity index (χ0) is 13.1. The Morgan fingerprint density at radius 3 is 2.61 bits per heavy atom. The van der Waals surface area contributed by atoms with E-state index in [4.69, 9.17) is 11.6 Å². The minimum absolute atomic E-state index is 0.244. The molecule has 0 amide bonds. The largest absolute Gasteiger partial charge is 0.306 e. The molecule has 1 N–H and O–H groups in total. The van der Waals surface area contributed by atoms with Crippen molar-refractivity contribution >= 4 is 22.9 Å². The summed E-state index contributed by atoms with van der Waals surface area (Å²) in [6.45, 7) is 7.37. The van der Waals surface area contributed by atoms with Crippen molar-refractivity contribution in [3.63, 3.8) is 0 Å². The molecule has 2 rings (SSSR count). The standard InChI is InChI=1S/C15H18ClNS/c1-4-17-14(15-11(3)7-8-18-15)13-9-12(16)6-5-10(13)2/h5-9,14,17H,4H2,1-3H3. The first-order valence-corrected chi connectivity index (χ1v) is 7.42. The van der Waals surface area contributed by atoms with Crippen LogP contribution in [0.25, 0.3) is 0 Å². The average molecular weight is 280 g/mol. The van der Waals surface area contributed by atoms with Crippen LogP contribution in [0.2, 0.25) is 5.02 Å². The molecule has 0 saturated heterocycles. The van der Waals surface area contributed by atoms with E-state index >= 15 is 0 Å². The maximum Gasteiger partial charge on any atom is 0.0676 e. The first kappa shape index (κ1) is 13.6. The van der Waals surface area contributed by atoms with E-state index in [9.17, 15) is 0 Å². The molecular weight excluding hydrogens is 262 g/mol. The second kappa shape index (κ2) is 5.87. The number of nitrogens with one attached hydrogen (secondary N) is 1. The highest BCUT2D eigenvalue weighted by molar-refractivity contribution is 7.10. The number of hydrogen-bond donors (Lipinski definition) is 1. The monoisotopic (exact) mass is 279 g/mol. The van der Waals surface area contributed by atoms with E-state index in [1.54, 1.807) is 11.3 Å². The molecule has 96 valence electrons. The number of thiophene rings is 1. The summed E-state index contributed by atoms with van der Waals surface area (Å²) in [5, 5.41) is 6.51. The molecule has 0 aliphatic heterocycles. The lowest BCUT2D eigenvalue weighted by Crippen LogP contribution is -2.22. The Labute approximate surface area is 118 Å². The zero-order valence-corrected chi connectivity index (χ0v) is 12.5. The molecule has 1 aromatic heterocycles. The maximum atomic E-state index is 6.14. The van der Waals surface area contributed by atoms with E-state index in [1.807, 2.05) is 6.07 Å². The van der Waals surface area contributed by atoms with Crippen LogP contribution < -0.4 is 5.32 Å². The van der Waals surface area contributed by atoms with Gasteiger partial charge in [0.05, 0.1) is 6.04 Å². The minimum Gasteiger partial charge on any atom is -0.306 e. The van der Waals surface area contributed by atoms with Gasteiger partial charge in [-0.3, -0.25) is 0 Å². The lowest BCUT2D eigenvalue weighted by Gasteiger charge is -2.20. The van der Waals surface area contributed by atoms with Crippen LogP contribution in [0, 0.1) is 13.8 Å². The van der Waals surface area contributed by atoms with Crippen molar-refractivity contribution in [3.05, 3.63) is 56.2 Å². The molecule has 0 aliphatic rings. The van der Waals surface area contributed by atoms with Gasteiger partial charge in [0.1, 0.15) is 0 Å². The van der Waals surface area contributed by atoms with E-state index in [0.717, 1.165) is 11.6 Å². The van der Waals surface area contributed by atoms with Gasteiger partial charge in [-0.05, 0) is 60.7 Å². The number of hydrogen-bond acceptors (Lipinski definition) is 2. The van der Waals surface area contributed by atoms with Gasteiger partial charge < -0.3 is 5.32 Å². The van der Waals surface area contributed by atoms with Crippen molar-refractivity contribution in [1.82, 2.24) is 5.32 Å². The fourth-order valence-corrected chi connectivity index (χ4v) is 3.35. The molecule has 1 heterocycles. The molecule has 0 saturated carbocycles. The second-order valence-electron chi connectivity index (χ2n) is 4.46. The Morgan fingerprint density at radius 1 is 1.22 bits per heavy atom. The van der Waals surface area contributed by atoms with Crippen molar-refractivity contribution in [2.45, 2.75) is 26.8 Å². The van der Waals surface area contributed by atoms with Crippen LogP contribution in [0.3, 0.4) is 0 Å². The number of halogens is 1. The minimum atomic E-state index is 0.244. The fourth-order valence-electron chi connectivity index (χ4n) is 2.15. The summed E-state index contributed by atoms with van der Waals surface area (Å²) in [6, 6.07) is 8.53.